The van der Waals surface area contributed by atoms with Crippen molar-refractivity contribution in [2.24, 2.45) is 5.92 Å². The Hall–Kier alpha value is -3.78. The molecule has 3 atom stereocenters. The molecule has 8 heteroatoms. The average molecular weight is 475 g/mol. The number of ether oxygens (including phenoxy) is 1. The molecule has 0 saturated carbocycles. The van der Waals surface area contributed by atoms with Crippen LogP contribution in [0.2, 0.25) is 0 Å². The topological polar surface area (TPSA) is 95.9 Å². The van der Waals surface area contributed by atoms with Crippen LogP contribution in [0.3, 0.4) is 0 Å². The van der Waals surface area contributed by atoms with Crippen LogP contribution in [-0.4, -0.2) is 75.6 Å². The van der Waals surface area contributed by atoms with Gasteiger partial charge in [0.05, 0.1) is 24.8 Å². The first-order valence-electron chi connectivity index (χ1n) is 11.7. The average Bonchev–Trinajstić information content (AvgIpc) is 2.90. The molecule has 0 radical (unpaired) electrons. The molecule has 0 fully saturated rings. The van der Waals surface area contributed by atoms with Crippen molar-refractivity contribution in [3.63, 3.8) is 0 Å². The van der Waals surface area contributed by atoms with Crippen LogP contribution in [0.5, 0.6) is 5.88 Å². The highest BCUT2D eigenvalue weighted by atomic mass is 16.5. The van der Waals surface area contributed by atoms with Gasteiger partial charge in [-0.15, -0.1) is 0 Å². The van der Waals surface area contributed by atoms with Gasteiger partial charge in [-0.25, -0.2) is 4.98 Å². The van der Waals surface area contributed by atoms with Gasteiger partial charge >= 0.3 is 0 Å². The van der Waals surface area contributed by atoms with E-state index < -0.39 is 6.10 Å². The maximum Gasteiger partial charge on any atom is 0.259 e. The van der Waals surface area contributed by atoms with Gasteiger partial charge in [0.1, 0.15) is 11.7 Å². The summed E-state index contributed by atoms with van der Waals surface area (Å²) in [7, 11) is 1.72. The van der Waals surface area contributed by atoms with E-state index in [1.807, 2.05) is 44.2 Å². The van der Waals surface area contributed by atoms with Crippen molar-refractivity contribution in [3.8, 4) is 17.0 Å². The molecule has 0 saturated heterocycles. The number of pyridine rings is 2. The van der Waals surface area contributed by atoms with Crippen LogP contribution in [0.4, 0.5) is 0 Å². The van der Waals surface area contributed by atoms with Crippen molar-refractivity contribution in [2.45, 2.75) is 26.0 Å². The summed E-state index contributed by atoms with van der Waals surface area (Å²) < 4.78 is 6.30. The van der Waals surface area contributed by atoms with Crippen molar-refractivity contribution >= 4 is 11.8 Å². The molecule has 182 valence electrons. The number of amides is 2. The number of nitrogens with zero attached hydrogens (tertiary/aromatic N) is 4. The molecular formula is C27H30N4O4. The standard InChI is InChI=1S/C27H30N4O4/c1-18-15-31(19(2)17-32)27(34)23-12-22(20-8-5-4-6-9-20)14-29-25(23)35-24(18)16-30(3)26(33)21-10-7-11-28-13-21/h4-14,18-19,24,32H,15-17H2,1-3H3/t18-,19-,24-/m0/s1. The zero-order chi connectivity index (χ0) is 24.9. The van der Waals surface area contributed by atoms with Gasteiger partial charge in [0.2, 0.25) is 5.88 Å². The number of aromatic nitrogens is 2. The zero-order valence-electron chi connectivity index (χ0n) is 20.2. The third-order valence-electron chi connectivity index (χ3n) is 6.34. The van der Waals surface area contributed by atoms with E-state index in [0.717, 1.165) is 11.1 Å². The van der Waals surface area contributed by atoms with Crippen molar-refractivity contribution < 1.29 is 19.4 Å². The molecule has 4 rings (SSSR count). The molecule has 0 aliphatic carbocycles. The molecule has 0 spiro atoms. The van der Waals surface area contributed by atoms with E-state index >= 15 is 0 Å². The second kappa shape index (κ2) is 10.7. The minimum Gasteiger partial charge on any atom is -0.472 e. The van der Waals surface area contributed by atoms with Crippen LogP contribution < -0.4 is 4.74 Å². The van der Waals surface area contributed by atoms with E-state index in [1.165, 1.54) is 6.20 Å². The number of hydrogen-bond acceptors (Lipinski definition) is 6. The molecule has 3 aromatic rings. The van der Waals surface area contributed by atoms with E-state index in [9.17, 15) is 14.7 Å². The number of likely N-dealkylation sites (N-methyl/N-ethyl adjacent to an activating group) is 1. The molecule has 3 heterocycles. The summed E-state index contributed by atoms with van der Waals surface area (Å²) in [6.45, 7) is 4.29. The summed E-state index contributed by atoms with van der Waals surface area (Å²) >= 11 is 0. The summed E-state index contributed by atoms with van der Waals surface area (Å²) in [6, 6.07) is 14.5. The van der Waals surface area contributed by atoms with Crippen molar-refractivity contribution in [1.82, 2.24) is 19.8 Å². The molecule has 2 amide bonds. The Labute approximate surface area is 205 Å². The molecule has 1 aromatic carbocycles. The number of hydrogen-bond donors (Lipinski definition) is 1. The molecule has 0 unspecified atom stereocenters. The molecule has 1 aliphatic rings. The van der Waals surface area contributed by atoms with Crippen molar-refractivity contribution in [3.05, 3.63) is 78.2 Å². The third-order valence-corrected chi connectivity index (χ3v) is 6.34. The fourth-order valence-corrected chi connectivity index (χ4v) is 4.17. The predicted octanol–water partition coefficient (Wildman–Crippen LogP) is 3.14. The minimum absolute atomic E-state index is 0.124. The molecule has 8 nitrogen and oxygen atoms in total. The smallest absolute Gasteiger partial charge is 0.259 e. The first-order valence-corrected chi connectivity index (χ1v) is 11.7. The molecule has 2 aromatic heterocycles. The van der Waals surface area contributed by atoms with Gasteiger partial charge < -0.3 is 19.6 Å². The van der Waals surface area contributed by atoms with Crippen LogP contribution in [0.25, 0.3) is 11.1 Å². The lowest BCUT2D eigenvalue weighted by Gasteiger charge is -2.37. The van der Waals surface area contributed by atoms with Crippen LogP contribution in [-0.2, 0) is 0 Å². The first-order chi connectivity index (χ1) is 16.9. The van der Waals surface area contributed by atoms with E-state index in [0.29, 0.717) is 24.2 Å². The number of carbonyl (C=O) groups is 2. The van der Waals surface area contributed by atoms with Gasteiger partial charge in [-0.2, -0.15) is 0 Å². The highest BCUT2D eigenvalue weighted by Crippen LogP contribution is 2.30. The van der Waals surface area contributed by atoms with E-state index in [-0.39, 0.29) is 36.3 Å². The number of benzene rings is 1. The van der Waals surface area contributed by atoms with Gasteiger partial charge in [-0.3, -0.25) is 14.6 Å². The van der Waals surface area contributed by atoms with E-state index in [2.05, 4.69) is 9.97 Å². The predicted molar refractivity (Wildman–Crippen MR) is 132 cm³/mol. The maximum atomic E-state index is 13.6. The lowest BCUT2D eigenvalue weighted by molar-refractivity contribution is 0.0313. The molecule has 0 bridgehead atoms. The summed E-state index contributed by atoms with van der Waals surface area (Å²) in [5.74, 6) is -0.304. The summed E-state index contributed by atoms with van der Waals surface area (Å²) in [5.41, 5.74) is 2.56. The maximum absolute atomic E-state index is 13.6. The Balaban J connectivity index is 1.68. The van der Waals surface area contributed by atoms with E-state index in [1.54, 1.807) is 47.4 Å². The summed E-state index contributed by atoms with van der Waals surface area (Å²) in [6.07, 6.45) is 4.43. The highest BCUT2D eigenvalue weighted by Gasteiger charge is 2.35. The van der Waals surface area contributed by atoms with Gasteiger partial charge in [-0.1, -0.05) is 37.3 Å². The van der Waals surface area contributed by atoms with Crippen molar-refractivity contribution in [2.75, 3.05) is 26.7 Å². The van der Waals surface area contributed by atoms with Crippen molar-refractivity contribution in [1.29, 1.82) is 0 Å². The molecule has 35 heavy (non-hydrogen) atoms. The zero-order valence-corrected chi connectivity index (χ0v) is 20.2. The van der Waals surface area contributed by atoms with Crippen LogP contribution in [0.15, 0.2) is 67.1 Å². The Morgan fingerprint density at radius 3 is 2.66 bits per heavy atom. The third kappa shape index (κ3) is 5.33. The first kappa shape index (κ1) is 24.3. The fourth-order valence-electron chi connectivity index (χ4n) is 4.17. The Morgan fingerprint density at radius 1 is 1.20 bits per heavy atom. The Kier molecular flexibility index (Phi) is 7.41. The Bertz CT molecular complexity index is 1170. The van der Waals surface area contributed by atoms with Gasteiger partial charge in [-0.05, 0) is 30.7 Å². The lowest BCUT2D eigenvalue weighted by atomic mass is 9.99. The van der Waals surface area contributed by atoms with E-state index in [4.69, 9.17) is 4.74 Å². The molecule has 1 aliphatic heterocycles. The number of rotatable bonds is 6. The second-order valence-electron chi connectivity index (χ2n) is 8.99. The molecule has 1 N–H and O–H groups in total. The van der Waals surface area contributed by atoms with Gasteiger partial charge in [0, 0.05) is 43.7 Å². The number of aliphatic hydroxyl groups is 1. The summed E-state index contributed by atoms with van der Waals surface area (Å²) in [4.78, 5) is 38.3. The monoisotopic (exact) mass is 474 g/mol. The van der Waals surface area contributed by atoms with Gasteiger partial charge in [0.25, 0.3) is 11.8 Å². The Morgan fingerprint density at radius 2 is 1.97 bits per heavy atom. The number of carbonyl (C=O) groups excluding carboxylic acids is 2. The minimum atomic E-state index is -0.420. The SMILES string of the molecule is C[C@H]1CN([C@@H](C)CO)C(=O)c2cc(-c3ccccc3)cnc2O[C@H]1CN(C)C(=O)c1cccnc1. The van der Waals surface area contributed by atoms with Gasteiger partial charge in [0.15, 0.2) is 0 Å². The normalized spacial score (nSPS) is 18.6. The number of aliphatic hydroxyl groups excluding tert-OH is 1. The molecular weight excluding hydrogens is 444 g/mol. The second-order valence-corrected chi connectivity index (χ2v) is 8.99. The largest absolute Gasteiger partial charge is 0.472 e. The van der Waals surface area contributed by atoms with Crippen LogP contribution in [0, 0.1) is 5.92 Å². The quantitative estimate of drug-likeness (QED) is 0.590. The number of fused-ring (bicyclic) bond motifs is 1. The van der Waals surface area contributed by atoms with Crippen LogP contribution in [0.1, 0.15) is 34.6 Å². The fraction of sp³-hybridized carbons (Fsp3) is 0.333. The summed E-state index contributed by atoms with van der Waals surface area (Å²) in [5, 5.41) is 9.84. The highest BCUT2D eigenvalue weighted by molar-refractivity contribution is 5.98. The lowest BCUT2D eigenvalue weighted by Crippen LogP contribution is -2.50. The van der Waals surface area contributed by atoms with Crippen LogP contribution >= 0.6 is 0 Å².